The second-order valence-electron chi connectivity index (χ2n) is 3.62. The van der Waals surface area contributed by atoms with Crippen LogP contribution in [0.1, 0.15) is 12.2 Å². The van der Waals surface area contributed by atoms with Crippen molar-refractivity contribution in [3.63, 3.8) is 0 Å². The standard InChI is InChI=1S/C10H7ClF2N2O2S/c1-18(16,17)5-2-3-7-6(4-5)8(11)15-10(14-7)9(12)13/h2-4,9H,1H3. The van der Waals surface area contributed by atoms with Crippen LogP contribution in [0.4, 0.5) is 8.78 Å². The highest BCUT2D eigenvalue weighted by Gasteiger charge is 2.16. The van der Waals surface area contributed by atoms with Gasteiger partial charge in [0.15, 0.2) is 15.7 Å². The summed E-state index contributed by atoms with van der Waals surface area (Å²) >= 11 is 5.75. The van der Waals surface area contributed by atoms with E-state index in [0.717, 1.165) is 6.26 Å². The minimum absolute atomic E-state index is 0.0327. The summed E-state index contributed by atoms with van der Waals surface area (Å²) in [6, 6.07) is 3.88. The number of fused-ring (bicyclic) bond motifs is 1. The summed E-state index contributed by atoms with van der Waals surface area (Å²) < 4.78 is 47.6. The lowest BCUT2D eigenvalue weighted by molar-refractivity contribution is 0.141. The summed E-state index contributed by atoms with van der Waals surface area (Å²) in [7, 11) is -3.40. The van der Waals surface area contributed by atoms with Gasteiger partial charge in [0.25, 0.3) is 6.43 Å². The molecule has 4 nitrogen and oxygen atoms in total. The molecule has 0 unspecified atom stereocenters. The highest BCUT2D eigenvalue weighted by atomic mass is 35.5. The summed E-state index contributed by atoms with van der Waals surface area (Å²) in [5.74, 6) is -0.681. The van der Waals surface area contributed by atoms with Gasteiger partial charge in [-0.25, -0.2) is 27.2 Å². The third-order valence-electron chi connectivity index (χ3n) is 2.26. The Hall–Kier alpha value is -1.34. The molecule has 1 aromatic heterocycles. The lowest BCUT2D eigenvalue weighted by Crippen LogP contribution is -2.00. The number of hydrogen-bond donors (Lipinski definition) is 0. The van der Waals surface area contributed by atoms with E-state index < -0.39 is 22.1 Å². The van der Waals surface area contributed by atoms with Crippen LogP contribution in [0.2, 0.25) is 5.15 Å². The van der Waals surface area contributed by atoms with Crippen LogP contribution in [0.3, 0.4) is 0 Å². The number of sulfone groups is 1. The number of aromatic nitrogens is 2. The smallest absolute Gasteiger partial charge is 0.227 e. The van der Waals surface area contributed by atoms with Gasteiger partial charge in [-0.3, -0.25) is 0 Å². The molecule has 1 heterocycles. The molecule has 1 aromatic carbocycles. The van der Waals surface area contributed by atoms with Gasteiger partial charge in [0.1, 0.15) is 5.15 Å². The molecule has 0 spiro atoms. The van der Waals surface area contributed by atoms with Gasteiger partial charge < -0.3 is 0 Å². The SMILES string of the molecule is CS(=O)(=O)c1ccc2nc(C(F)F)nc(Cl)c2c1. The maximum Gasteiger partial charge on any atom is 0.297 e. The Morgan fingerprint density at radius 2 is 1.94 bits per heavy atom. The van der Waals surface area contributed by atoms with Crippen LogP contribution < -0.4 is 0 Å². The van der Waals surface area contributed by atoms with E-state index in [1.807, 2.05) is 0 Å². The highest BCUT2D eigenvalue weighted by molar-refractivity contribution is 7.90. The molecule has 2 aromatic rings. The number of hydrogen-bond acceptors (Lipinski definition) is 4. The average molecular weight is 293 g/mol. The van der Waals surface area contributed by atoms with E-state index in [1.54, 1.807) is 0 Å². The zero-order valence-electron chi connectivity index (χ0n) is 9.06. The Bertz CT molecular complexity index is 719. The molecule has 0 saturated carbocycles. The molecule has 8 heteroatoms. The summed E-state index contributed by atoms with van der Waals surface area (Å²) in [4.78, 5) is 7.08. The molecule has 0 bridgehead atoms. The molecular formula is C10H7ClF2N2O2S. The van der Waals surface area contributed by atoms with E-state index in [9.17, 15) is 17.2 Å². The zero-order chi connectivity index (χ0) is 13.5. The molecule has 0 saturated heterocycles. The molecule has 2 rings (SSSR count). The van der Waals surface area contributed by atoms with E-state index in [0.29, 0.717) is 0 Å². The van der Waals surface area contributed by atoms with Crippen molar-refractivity contribution >= 4 is 32.3 Å². The van der Waals surface area contributed by atoms with Gasteiger partial charge in [-0.15, -0.1) is 0 Å². The third-order valence-corrected chi connectivity index (χ3v) is 3.66. The van der Waals surface area contributed by atoms with E-state index in [1.165, 1.54) is 18.2 Å². The van der Waals surface area contributed by atoms with Crippen molar-refractivity contribution in [3.8, 4) is 0 Å². The van der Waals surface area contributed by atoms with E-state index in [-0.39, 0.29) is 21.0 Å². The number of halogens is 3. The number of rotatable bonds is 2. The molecule has 0 aliphatic carbocycles. The van der Waals surface area contributed by atoms with Gasteiger partial charge in [0, 0.05) is 11.6 Å². The Labute approximate surface area is 107 Å². The van der Waals surface area contributed by atoms with E-state index >= 15 is 0 Å². The largest absolute Gasteiger partial charge is 0.297 e. The van der Waals surface area contributed by atoms with Gasteiger partial charge in [-0.1, -0.05) is 11.6 Å². The predicted octanol–water partition coefficient (Wildman–Crippen LogP) is 2.62. The van der Waals surface area contributed by atoms with Crippen LogP contribution in [0, 0.1) is 0 Å². The monoisotopic (exact) mass is 292 g/mol. The maximum atomic E-state index is 12.5. The Morgan fingerprint density at radius 1 is 1.28 bits per heavy atom. The van der Waals surface area contributed by atoms with Gasteiger partial charge in [0.05, 0.1) is 10.4 Å². The second kappa shape index (κ2) is 4.40. The van der Waals surface area contributed by atoms with Crippen molar-refractivity contribution < 1.29 is 17.2 Å². The van der Waals surface area contributed by atoms with Crippen molar-refractivity contribution in [1.82, 2.24) is 9.97 Å². The lowest BCUT2D eigenvalue weighted by Gasteiger charge is -2.05. The fourth-order valence-electron chi connectivity index (χ4n) is 1.42. The molecule has 0 aliphatic rings. The highest BCUT2D eigenvalue weighted by Crippen LogP contribution is 2.26. The van der Waals surface area contributed by atoms with Crippen molar-refractivity contribution in [2.24, 2.45) is 0 Å². The first-order chi connectivity index (χ1) is 8.29. The summed E-state index contributed by atoms with van der Waals surface area (Å²) in [6.07, 6.45) is -1.79. The van der Waals surface area contributed by atoms with Crippen LogP contribution in [0.15, 0.2) is 23.1 Å². The first-order valence-corrected chi connectivity index (χ1v) is 7.01. The fraction of sp³-hybridized carbons (Fsp3) is 0.200. The molecule has 96 valence electrons. The third kappa shape index (κ3) is 2.41. The van der Waals surface area contributed by atoms with Crippen LogP contribution in [0.5, 0.6) is 0 Å². The minimum atomic E-state index is -3.40. The first-order valence-electron chi connectivity index (χ1n) is 4.74. The summed E-state index contributed by atoms with van der Waals surface area (Å²) in [6.45, 7) is 0. The molecular weight excluding hydrogens is 286 g/mol. The molecule has 0 amide bonds. The van der Waals surface area contributed by atoms with Crippen molar-refractivity contribution in [3.05, 3.63) is 29.2 Å². The van der Waals surface area contributed by atoms with Gasteiger partial charge in [-0.2, -0.15) is 0 Å². The van der Waals surface area contributed by atoms with Gasteiger partial charge in [-0.05, 0) is 18.2 Å². The average Bonchev–Trinajstić information content (AvgIpc) is 2.27. The number of benzene rings is 1. The van der Waals surface area contributed by atoms with Crippen LogP contribution >= 0.6 is 11.6 Å². The summed E-state index contributed by atoms with van der Waals surface area (Å²) in [5.41, 5.74) is 0.178. The van der Waals surface area contributed by atoms with Gasteiger partial charge in [0.2, 0.25) is 0 Å². The number of alkyl halides is 2. The Morgan fingerprint density at radius 3 is 2.50 bits per heavy atom. The predicted molar refractivity (Wildman–Crippen MR) is 62.6 cm³/mol. The number of nitrogens with zero attached hydrogens (tertiary/aromatic N) is 2. The second-order valence-corrected chi connectivity index (χ2v) is 6.00. The maximum absolute atomic E-state index is 12.5. The zero-order valence-corrected chi connectivity index (χ0v) is 10.6. The topological polar surface area (TPSA) is 59.9 Å². The Balaban J connectivity index is 2.73. The van der Waals surface area contributed by atoms with E-state index in [4.69, 9.17) is 11.6 Å². The lowest BCUT2D eigenvalue weighted by atomic mass is 10.2. The fourth-order valence-corrected chi connectivity index (χ4v) is 2.30. The molecule has 0 atom stereocenters. The normalized spacial score (nSPS) is 12.3. The summed E-state index contributed by atoms with van der Waals surface area (Å²) in [5, 5.41) is 0.0322. The van der Waals surface area contributed by atoms with Crippen molar-refractivity contribution in [2.45, 2.75) is 11.3 Å². The first kappa shape index (κ1) is 13.1. The minimum Gasteiger partial charge on any atom is -0.227 e. The quantitative estimate of drug-likeness (QED) is 0.798. The molecule has 0 aliphatic heterocycles. The van der Waals surface area contributed by atoms with Crippen molar-refractivity contribution in [1.29, 1.82) is 0 Å². The molecule has 18 heavy (non-hydrogen) atoms. The van der Waals surface area contributed by atoms with E-state index in [2.05, 4.69) is 9.97 Å². The molecule has 0 radical (unpaired) electrons. The van der Waals surface area contributed by atoms with Crippen LogP contribution in [0.25, 0.3) is 10.9 Å². The molecule has 0 N–H and O–H groups in total. The van der Waals surface area contributed by atoms with Gasteiger partial charge >= 0.3 is 0 Å². The van der Waals surface area contributed by atoms with Crippen LogP contribution in [-0.4, -0.2) is 24.6 Å². The Kier molecular flexibility index (Phi) is 3.20. The van der Waals surface area contributed by atoms with Crippen LogP contribution in [-0.2, 0) is 9.84 Å². The molecule has 0 fully saturated rings. The van der Waals surface area contributed by atoms with Crippen molar-refractivity contribution in [2.75, 3.05) is 6.26 Å².